The molecule has 5 heteroatoms. The fourth-order valence-electron chi connectivity index (χ4n) is 8.14. The fourth-order valence-corrected chi connectivity index (χ4v) is 8.14. The number of fused-ring (bicyclic) bond motifs is 6. The fraction of sp³-hybridized carbons (Fsp3) is 0. The zero-order valence-electron chi connectivity index (χ0n) is 29.7. The summed E-state index contributed by atoms with van der Waals surface area (Å²) in [7, 11) is 0. The SMILES string of the molecule is c1ccc(-c2cccc(-n3c4ccccc4c4cc(-c5nnc(-c6ccc7c(c6)c6ccccc6n7-c6cccc(-c7ccccc7)c6)o5)ccc43)c2)cc1. The number of hydrogen-bond acceptors (Lipinski definition) is 3. The van der Waals surface area contributed by atoms with Crippen LogP contribution < -0.4 is 0 Å². The number of aromatic nitrogens is 4. The summed E-state index contributed by atoms with van der Waals surface area (Å²) in [6, 6.07) is 68.4. The van der Waals surface area contributed by atoms with Crippen LogP contribution in [0.25, 0.3) is 100 Å². The lowest BCUT2D eigenvalue weighted by atomic mass is 10.1. The van der Waals surface area contributed by atoms with Crippen molar-refractivity contribution in [2.45, 2.75) is 0 Å². The van der Waals surface area contributed by atoms with Crippen LogP contribution in [0.4, 0.5) is 0 Å². The van der Waals surface area contributed by atoms with Gasteiger partial charge in [0.25, 0.3) is 0 Å². The van der Waals surface area contributed by atoms with Gasteiger partial charge in [0.05, 0.1) is 22.1 Å². The zero-order chi connectivity index (χ0) is 36.3. The number of nitrogens with zero attached hydrogens (tertiary/aromatic N) is 4. The third-order valence-electron chi connectivity index (χ3n) is 10.7. The Hall–Kier alpha value is -7.50. The Bertz CT molecular complexity index is 2990. The van der Waals surface area contributed by atoms with Crippen LogP contribution in [0.5, 0.6) is 0 Å². The molecule has 3 aromatic heterocycles. The van der Waals surface area contributed by atoms with Crippen LogP contribution in [-0.2, 0) is 0 Å². The molecule has 8 aromatic carbocycles. The monoisotopic (exact) mass is 704 g/mol. The third-order valence-corrected chi connectivity index (χ3v) is 10.7. The summed E-state index contributed by atoms with van der Waals surface area (Å²) in [6.07, 6.45) is 0. The number of para-hydroxylation sites is 2. The van der Waals surface area contributed by atoms with Crippen molar-refractivity contribution in [1.29, 1.82) is 0 Å². The Morgan fingerprint density at radius 3 is 1.16 bits per heavy atom. The molecule has 0 unspecified atom stereocenters. The Kier molecular flexibility index (Phi) is 7.10. The average molecular weight is 705 g/mol. The summed E-state index contributed by atoms with van der Waals surface area (Å²) >= 11 is 0. The first-order valence-electron chi connectivity index (χ1n) is 18.5. The summed E-state index contributed by atoms with van der Waals surface area (Å²) in [5, 5.41) is 13.7. The van der Waals surface area contributed by atoms with Gasteiger partial charge in [-0.25, -0.2) is 0 Å². The van der Waals surface area contributed by atoms with E-state index in [0.29, 0.717) is 11.8 Å². The standard InChI is InChI=1S/C50H32N4O/c1-3-13-33(14-4-1)35-17-11-19-39(29-35)53-45-23-9-7-21-41(45)43-31-37(25-27-47(43)53)49-51-52-50(55-49)38-26-28-48-44(32-38)42-22-8-10-24-46(42)54(48)40-20-12-18-36(30-40)34-15-5-2-6-16-34/h1-32H. The second kappa shape index (κ2) is 12.6. The normalized spacial score (nSPS) is 11.6. The first-order valence-corrected chi connectivity index (χ1v) is 18.5. The summed E-state index contributed by atoms with van der Waals surface area (Å²) in [4.78, 5) is 0. The van der Waals surface area contributed by atoms with Crippen molar-refractivity contribution < 1.29 is 4.42 Å². The lowest BCUT2D eigenvalue weighted by molar-refractivity contribution is 0.585. The van der Waals surface area contributed by atoms with Gasteiger partial charge in [-0.2, -0.15) is 0 Å². The summed E-state index contributed by atoms with van der Waals surface area (Å²) < 4.78 is 11.1. The molecule has 0 saturated carbocycles. The summed E-state index contributed by atoms with van der Waals surface area (Å²) in [6.45, 7) is 0. The minimum Gasteiger partial charge on any atom is -0.416 e. The van der Waals surface area contributed by atoms with Crippen molar-refractivity contribution in [3.05, 3.63) is 194 Å². The van der Waals surface area contributed by atoms with Gasteiger partial charge in [-0.1, -0.05) is 121 Å². The minimum atomic E-state index is 0.486. The molecule has 55 heavy (non-hydrogen) atoms. The highest BCUT2D eigenvalue weighted by Crippen LogP contribution is 2.38. The predicted octanol–water partition coefficient (Wildman–Crippen LogP) is 12.9. The second-order valence-electron chi connectivity index (χ2n) is 13.9. The largest absolute Gasteiger partial charge is 0.416 e. The van der Waals surface area contributed by atoms with Crippen LogP contribution in [0.3, 0.4) is 0 Å². The molecule has 0 bridgehead atoms. The topological polar surface area (TPSA) is 48.8 Å². The molecule has 0 atom stereocenters. The molecule has 3 heterocycles. The van der Waals surface area contributed by atoms with Gasteiger partial charge in [-0.05, 0) is 95.1 Å². The molecule has 0 spiro atoms. The molecule has 5 nitrogen and oxygen atoms in total. The Morgan fingerprint density at radius 2 is 0.691 bits per heavy atom. The molecule has 11 rings (SSSR count). The molecule has 0 aliphatic rings. The quantitative estimate of drug-likeness (QED) is 0.173. The highest BCUT2D eigenvalue weighted by molar-refractivity contribution is 6.11. The molecule has 0 aliphatic heterocycles. The number of rotatable bonds is 6. The zero-order valence-corrected chi connectivity index (χ0v) is 29.7. The van der Waals surface area contributed by atoms with E-state index in [1.54, 1.807) is 0 Å². The van der Waals surface area contributed by atoms with Crippen LogP contribution in [0, 0.1) is 0 Å². The molecule has 0 N–H and O–H groups in total. The van der Waals surface area contributed by atoms with Gasteiger partial charge < -0.3 is 13.6 Å². The van der Waals surface area contributed by atoms with E-state index in [-0.39, 0.29) is 0 Å². The van der Waals surface area contributed by atoms with Gasteiger partial charge in [0.1, 0.15) is 0 Å². The van der Waals surface area contributed by atoms with Crippen LogP contribution >= 0.6 is 0 Å². The molecule has 0 fully saturated rings. The van der Waals surface area contributed by atoms with Crippen LogP contribution in [0.15, 0.2) is 199 Å². The van der Waals surface area contributed by atoms with Crippen LogP contribution in [0.2, 0.25) is 0 Å². The second-order valence-corrected chi connectivity index (χ2v) is 13.9. The molecule has 11 aromatic rings. The Morgan fingerprint density at radius 1 is 0.291 bits per heavy atom. The average Bonchev–Trinajstić information content (AvgIpc) is 3.97. The Balaban J connectivity index is 0.984. The van der Waals surface area contributed by atoms with E-state index >= 15 is 0 Å². The minimum absolute atomic E-state index is 0.486. The Labute approximate surface area is 317 Å². The van der Waals surface area contributed by atoms with Crippen molar-refractivity contribution in [2.75, 3.05) is 0 Å². The van der Waals surface area contributed by atoms with Crippen molar-refractivity contribution in [2.24, 2.45) is 0 Å². The maximum absolute atomic E-state index is 6.45. The highest BCUT2D eigenvalue weighted by Gasteiger charge is 2.19. The smallest absolute Gasteiger partial charge is 0.248 e. The van der Waals surface area contributed by atoms with Crippen LogP contribution in [-0.4, -0.2) is 19.3 Å². The molecular formula is C50H32N4O. The summed E-state index contributed by atoms with van der Waals surface area (Å²) in [5.41, 5.74) is 13.2. The van der Waals surface area contributed by atoms with Gasteiger partial charge in [0.2, 0.25) is 11.8 Å². The molecular weight excluding hydrogens is 673 g/mol. The molecule has 0 saturated heterocycles. The molecule has 0 radical (unpaired) electrons. The number of benzene rings is 8. The first-order chi connectivity index (χ1) is 27.3. The van der Waals surface area contributed by atoms with Gasteiger partial charge in [-0.3, -0.25) is 0 Å². The highest BCUT2D eigenvalue weighted by atomic mass is 16.4. The van der Waals surface area contributed by atoms with Gasteiger partial charge in [0.15, 0.2) is 0 Å². The van der Waals surface area contributed by atoms with Crippen molar-refractivity contribution in [1.82, 2.24) is 19.3 Å². The lowest BCUT2D eigenvalue weighted by Crippen LogP contribution is -1.94. The van der Waals surface area contributed by atoms with E-state index in [1.165, 1.54) is 33.0 Å². The lowest BCUT2D eigenvalue weighted by Gasteiger charge is -2.10. The van der Waals surface area contributed by atoms with E-state index in [9.17, 15) is 0 Å². The van der Waals surface area contributed by atoms with E-state index in [4.69, 9.17) is 4.42 Å². The molecule has 0 amide bonds. The maximum atomic E-state index is 6.45. The maximum Gasteiger partial charge on any atom is 0.248 e. The predicted molar refractivity (Wildman–Crippen MR) is 225 cm³/mol. The first kappa shape index (κ1) is 31.1. The van der Waals surface area contributed by atoms with Gasteiger partial charge in [-0.15, -0.1) is 10.2 Å². The van der Waals surface area contributed by atoms with Gasteiger partial charge >= 0.3 is 0 Å². The van der Waals surface area contributed by atoms with E-state index in [1.807, 2.05) is 0 Å². The third kappa shape index (κ3) is 5.17. The molecule has 0 aliphatic carbocycles. The van der Waals surface area contributed by atoms with Gasteiger partial charge in [0, 0.05) is 44.0 Å². The van der Waals surface area contributed by atoms with E-state index in [2.05, 4.69) is 213 Å². The summed E-state index contributed by atoms with van der Waals surface area (Å²) in [5.74, 6) is 0.972. The van der Waals surface area contributed by atoms with E-state index in [0.717, 1.165) is 55.3 Å². The van der Waals surface area contributed by atoms with Crippen LogP contribution in [0.1, 0.15) is 0 Å². The van der Waals surface area contributed by atoms with Crippen molar-refractivity contribution >= 4 is 43.6 Å². The number of hydrogen-bond donors (Lipinski definition) is 0. The van der Waals surface area contributed by atoms with Crippen molar-refractivity contribution in [3.63, 3.8) is 0 Å². The van der Waals surface area contributed by atoms with Crippen molar-refractivity contribution in [3.8, 4) is 56.5 Å². The van der Waals surface area contributed by atoms with E-state index < -0.39 is 0 Å². The molecule has 258 valence electrons.